The summed E-state index contributed by atoms with van der Waals surface area (Å²) in [5.74, 6) is -0.685. The lowest BCUT2D eigenvalue weighted by molar-refractivity contribution is -0.403. The second-order valence-corrected chi connectivity index (χ2v) is 7.14. The molecule has 0 atom stereocenters. The molecule has 2 aromatic carbocycles. The van der Waals surface area contributed by atoms with Crippen LogP contribution < -0.4 is 5.43 Å². The highest BCUT2D eigenvalue weighted by molar-refractivity contribution is 9.11. The molecule has 14 heteroatoms. The molecule has 2 rings (SSSR count). The molecule has 2 aromatic rings. The van der Waals surface area contributed by atoms with Crippen molar-refractivity contribution >= 4 is 61.0 Å². The maximum atomic E-state index is 12.2. The quantitative estimate of drug-likeness (QED) is 0.333. The predicted octanol–water partition coefficient (Wildman–Crippen LogP) is 4.01. The molecule has 29 heavy (non-hydrogen) atoms. The van der Waals surface area contributed by atoms with Crippen molar-refractivity contribution in [2.45, 2.75) is 6.92 Å². The summed E-state index contributed by atoms with van der Waals surface area (Å²) in [6.45, 7) is 1.81. The third-order valence-electron chi connectivity index (χ3n) is 3.63. The zero-order valence-corrected chi connectivity index (χ0v) is 17.5. The van der Waals surface area contributed by atoms with Gasteiger partial charge in [-0.15, -0.1) is 0 Å². The lowest BCUT2D eigenvalue weighted by Crippen LogP contribution is -2.18. The third-order valence-corrected chi connectivity index (χ3v) is 5.28. The molecule has 1 N–H and O–H groups in total. The zero-order valence-electron chi connectivity index (χ0n) is 14.3. The average Bonchev–Trinajstić information content (AvgIpc) is 2.64. The number of nitrogens with one attached hydrogen (secondary N) is 1. The number of nitro benzene ring substituents is 3. The SMILES string of the molecule is Cc1c(Br)cc(C(=O)N/N=C/c2c([N+](=O)[O-])cc([N+](=O)[O-])cc2[N+](=O)[O-])cc1Br. The maximum Gasteiger partial charge on any atom is 0.292 e. The Kier molecular flexibility index (Phi) is 6.71. The molecular formula is C15H9Br2N5O7. The van der Waals surface area contributed by atoms with E-state index in [1.807, 2.05) is 0 Å². The van der Waals surface area contributed by atoms with Gasteiger partial charge in [0, 0.05) is 14.5 Å². The van der Waals surface area contributed by atoms with Gasteiger partial charge in [-0.05, 0) is 24.6 Å². The highest BCUT2D eigenvalue weighted by Crippen LogP contribution is 2.32. The fourth-order valence-corrected chi connectivity index (χ4v) is 3.33. The summed E-state index contributed by atoms with van der Waals surface area (Å²) >= 11 is 6.57. The first-order valence-corrected chi connectivity index (χ1v) is 9.01. The van der Waals surface area contributed by atoms with Crippen LogP contribution >= 0.6 is 31.9 Å². The average molecular weight is 531 g/mol. The van der Waals surface area contributed by atoms with Crippen molar-refractivity contribution in [1.29, 1.82) is 0 Å². The molecule has 0 aliphatic rings. The Morgan fingerprint density at radius 1 is 0.966 bits per heavy atom. The van der Waals surface area contributed by atoms with Crippen molar-refractivity contribution < 1.29 is 19.6 Å². The molecule has 0 saturated carbocycles. The van der Waals surface area contributed by atoms with Crippen molar-refractivity contribution in [2.24, 2.45) is 5.10 Å². The molecule has 0 bridgehead atoms. The van der Waals surface area contributed by atoms with E-state index in [0.717, 1.165) is 5.56 Å². The van der Waals surface area contributed by atoms with Crippen molar-refractivity contribution in [1.82, 2.24) is 5.43 Å². The van der Waals surface area contributed by atoms with Gasteiger partial charge < -0.3 is 0 Å². The van der Waals surface area contributed by atoms with Crippen LogP contribution in [0, 0.1) is 37.3 Å². The molecule has 0 aliphatic heterocycles. The molecule has 12 nitrogen and oxygen atoms in total. The molecule has 0 saturated heterocycles. The van der Waals surface area contributed by atoms with E-state index in [1.54, 1.807) is 6.92 Å². The highest BCUT2D eigenvalue weighted by Gasteiger charge is 2.29. The number of hydrazone groups is 1. The number of halogens is 2. The van der Waals surface area contributed by atoms with Gasteiger partial charge in [-0.3, -0.25) is 35.1 Å². The summed E-state index contributed by atoms with van der Waals surface area (Å²) in [4.78, 5) is 42.4. The molecule has 0 aliphatic carbocycles. The minimum atomic E-state index is -1.02. The van der Waals surface area contributed by atoms with Gasteiger partial charge in [0.25, 0.3) is 23.0 Å². The number of amides is 1. The van der Waals surface area contributed by atoms with Crippen molar-refractivity contribution in [3.05, 3.63) is 80.2 Å². The summed E-state index contributed by atoms with van der Waals surface area (Å²) in [7, 11) is 0. The summed E-state index contributed by atoms with van der Waals surface area (Å²) in [6.07, 6.45) is 0.691. The first-order chi connectivity index (χ1) is 13.5. The van der Waals surface area contributed by atoms with Gasteiger partial charge >= 0.3 is 0 Å². The van der Waals surface area contributed by atoms with Gasteiger partial charge in [0.05, 0.1) is 33.1 Å². The number of carbonyl (C=O) groups is 1. The molecule has 0 fully saturated rings. The van der Waals surface area contributed by atoms with Gasteiger partial charge in [0.15, 0.2) is 5.56 Å². The van der Waals surface area contributed by atoms with Crippen molar-refractivity contribution in [3.8, 4) is 0 Å². The van der Waals surface area contributed by atoms with Crippen LogP contribution in [0.3, 0.4) is 0 Å². The van der Waals surface area contributed by atoms with E-state index in [0.29, 0.717) is 27.3 Å². The fraction of sp³-hybridized carbons (Fsp3) is 0.0667. The molecular weight excluding hydrogens is 522 g/mol. The first-order valence-electron chi connectivity index (χ1n) is 7.43. The van der Waals surface area contributed by atoms with Crippen LogP contribution in [0.5, 0.6) is 0 Å². The second kappa shape index (κ2) is 8.83. The number of nitrogens with zero attached hydrogens (tertiary/aromatic N) is 4. The smallest absolute Gasteiger partial charge is 0.267 e. The van der Waals surface area contributed by atoms with E-state index in [4.69, 9.17) is 0 Å². The van der Waals surface area contributed by atoms with Crippen LogP contribution in [0.25, 0.3) is 0 Å². The second-order valence-electron chi connectivity index (χ2n) is 5.43. The van der Waals surface area contributed by atoms with Crippen LogP contribution in [-0.4, -0.2) is 26.9 Å². The number of benzene rings is 2. The molecule has 0 heterocycles. The van der Waals surface area contributed by atoms with E-state index in [-0.39, 0.29) is 5.56 Å². The van der Waals surface area contributed by atoms with E-state index >= 15 is 0 Å². The number of hydrogen-bond acceptors (Lipinski definition) is 8. The Labute approximate surface area is 178 Å². The van der Waals surface area contributed by atoms with E-state index in [9.17, 15) is 35.1 Å². The Morgan fingerprint density at radius 3 is 1.86 bits per heavy atom. The monoisotopic (exact) mass is 529 g/mol. The minimum Gasteiger partial charge on any atom is -0.267 e. The van der Waals surface area contributed by atoms with Gasteiger partial charge in [-0.2, -0.15) is 5.10 Å². The minimum absolute atomic E-state index is 0.194. The predicted molar refractivity (Wildman–Crippen MR) is 108 cm³/mol. The number of hydrogen-bond donors (Lipinski definition) is 1. The Balaban J connectivity index is 2.41. The van der Waals surface area contributed by atoms with E-state index < -0.39 is 43.3 Å². The van der Waals surface area contributed by atoms with Gasteiger partial charge in [0.1, 0.15) is 0 Å². The summed E-state index contributed by atoms with van der Waals surface area (Å²) in [6, 6.07) is 4.18. The fourth-order valence-electron chi connectivity index (χ4n) is 2.14. The Morgan fingerprint density at radius 2 is 1.45 bits per heavy atom. The lowest BCUT2D eigenvalue weighted by atomic mass is 10.1. The summed E-state index contributed by atoms with van der Waals surface area (Å²) in [5.41, 5.74) is -0.0734. The largest absolute Gasteiger partial charge is 0.292 e. The Hall–Kier alpha value is -3.26. The topological polar surface area (TPSA) is 171 Å². The molecule has 1 amide bonds. The normalized spacial score (nSPS) is 10.7. The summed E-state index contributed by atoms with van der Waals surface area (Å²) < 4.78 is 1.28. The summed E-state index contributed by atoms with van der Waals surface area (Å²) in [5, 5.41) is 36.8. The molecule has 0 spiro atoms. The van der Waals surface area contributed by atoms with E-state index in [2.05, 4.69) is 42.4 Å². The third kappa shape index (κ3) is 4.97. The number of rotatable bonds is 6. The molecule has 0 radical (unpaired) electrons. The standard InChI is InChI=1S/C15H9Br2N5O7/c1-7-11(16)2-8(3-12(7)17)15(23)19-18-6-10-13(21(26)27)4-9(20(24)25)5-14(10)22(28)29/h2-6H,1H3,(H,19,23)/b18-6+. The van der Waals surface area contributed by atoms with Crippen LogP contribution in [0.1, 0.15) is 21.5 Å². The maximum absolute atomic E-state index is 12.2. The van der Waals surface area contributed by atoms with Crippen LogP contribution in [0.2, 0.25) is 0 Å². The van der Waals surface area contributed by atoms with Crippen molar-refractivity contribution in [2.75, 3.05) is 0 Å². The lowest BCUT2D eigenvalue weighted by Gasteiger charge is -2.06. The van der Waals surface area contributed by atoms with Crippen LogP contribution in [-0.2, 0) is 0 Å². The van der Waals surface area contributed by atoms with Crippen LogP contribution in [0.4, 0.5) is 17.1 Å². The molecule has 150 valence electrons. The van der Waals surface area contributed by atoms with Gasteiger partial charge in [-0.25, -0.2) is 5.43 Å². The van der Waals surface area contributed by atoms with Gasteiger partial charge in [0.2, 0.25) is 0 Å². The van der Waals surface area contributed by atoms with E-state index in [1.165, 1.54) is 12.1 Å². The number of non-ortho nitro benzene ring substituents is 1. The Bertz CT molecular complexity index is 1030. The molecule has 0 aromatic heterocycles. The first kappa shape index (κ1) is 22.0. The zero-order chi connectivity index (χ0) is 21.9. The number of carbonyl (C=O) groups excluding carboxylic acids is 1. The van der Waals surface area contributed by atoms with Crippen molar-refractivity contribution in [3.63, 3.8) is 0 Å². The van der Waals surface area contributed by atoms with Gasteiger partial charge in [-0.1, -0.05) is 31.9 Å². The number of nitro groups is 3. The highest BCUT2D eigenvalue weighted by atomic mass is 79.9. The molecule has 0 unspecified atom stereocenters. The van der Waals surface area contributed by atoms with Crippen LogP contribution in [0.15, 0.2) is 38.3 Å².